The van der Waals surface area contributed by atoms with Crippen molar-refractivity contribution in [1.29, 1.82) is 0 Å². The quantitative estimate of drug-likeness (QED) is 0.165. The van der Waals surface area contributed by atoms with Crippen LogP contribution >= 0.6 is 15.9 Å². The monoisotopic (exact) mass is 492 g/mol. The van der Waals surface area contributed by atoms with E-state index in [-0.39, 0.29) is 5.91 Å². The molecule has 1 aromatic rings. The third-order valence-electron chi connectivity index (χ3n) is 6.41. The smallest absolute Gasteiger partial charge is 0.253 e. The summed E-state index contributed by atoms with van der Waals surface area (Å²) in [6.07, 6.45) is 21.7. The summed E-state index contributed by atoms with van der Waals surface area (Å²) in [6.45, 7) is 2.85. The Morgan fingerprint density at radius 1 is 0.710 bits per heavy atom. The minimum Gasteiger partial charge on any atom is -0.385 e. The number of unbranched alkanes of at least 4 members (excludes halogenated alkanes) is 13. The average molecular weight is 494 g/mol. The Kier molecular flexibility index (Phi) is 14.8. The van der Waals surface area contributed by atoms with Crippen molar-refractivity contribution in [1.82, 2.24) is 4.90 Å². The maximum Gasteiger partial charge on any atom is 0.253 e. The highest BCUT2D eigenvalue weighted by atomic mass is 79.9. The lowest BCUT2D eigenvalue weighted by molar-refractivity contribution is 0.0793. The highest BCUT2D eigenvalue weighted by molar-refractivity contribution is 9.09. The van der Waals surface area contributed by atoms with Crippen molar-refractivity contribution in [3.63, 3.8) is 0 Å². The Balaban J connectivity index is 1.37. The van der Waals surface area contributed by atoms with Crippen LogP contribution in [-0.4, -0.2) is 35.8 Å². The van der Waals surface area contributed by atoms with Gasteiger partial charge in [-0.3, -0.25) is 4.79 Å². The van der Waals surface area contributed by atoms with Gasteiger partial charge < -0.3 is 10.2 Å². The van der Waals surface area contributed by atoms with Gasteiger partial charge in [-0.1, -0.05) is 93.0 Å². The highest BCUT2D eigenvalue weighted by Gasteiger charge is 2.18. The van der Waals surface area contributed by atoms with Crippen molar-refractivity contribution in [2.45, 2.75) is 103 Å². The second kappa shape index (κ2) is 17.5. The van der Waals surface area contributed by atoms with Gasteiger partial charge in [0.15, 0.2) is 0 Å². The number of rotatable bonds is 18. The van der Waals surface area contributed by atoms with Gasteiger partial charge >= 0.3 is 0 Å². The molecule has 1 aliphatic heterocycles. The van der Waals surface area contributed by atoms with E-state index >= 15 is 0 Å². The molecule has 1 aliphatic rings. The van der Waals surface area contributed by atoms with Crippen LogP contribution in [0.3, 0.4) is 0 Å². The molecule has 1 fully saturated rings. The van der Waals surface area contributed by atoms with Gasteiger partial charge in [-0.05, 0) is 49.9 Å². The Bertz CT molecular complexity index is 569. The van der Waals surface area contributed by atoms with E-state index in [0.717, 1.165) is 43.7 Å². The van der Waals surface area contributed by atoms with Crippen LogP contribution in [0.5, 0.6) is 0 Å². The van der Waals surface area contributed by atoms with Gasteiger partial charge in [-0.2, -0.15) is 0 Å². The molecule has 0 bridgehead atoms. The topological polar surface area (TPSA) is 32.3 Å². The Morgan fingerprint density at radius 3 is 1.65 bits per heavy atom. The first-order chi connectivity index (χ1) is 15.3. The molecule has 1 heterocycles. The number of likely N-dealkylation sites (tertiary alicyclic amines) is 1. The fourth-order valence-corrected chi connectivity index (χ4v) is 4.80. The lowest BCUT2D eigenvalue weighted by atomic mass is 10.0. The van der Waals surface area contributed by atoms with Gasteiger partial charge in [0.2, 0.25) is 0 Å². The first kappa shape index (κ1) is 26.2. The van der Waals surface area contributed by atoms with Crippen LogP contribution in [0, 0.1) is 0 Å². The van der Waals surface area contributed by atoms with Crippen LogP contribution in [0.2, 0.25) is 0 Å². The van der Waals surface area contributed by atoms with E-state index in [0.29, 0.717) is 0 Å². The first-order valence-electron chi connectivity index (χ1n) is 13.0. The highest BCUT2D eigenvalue weighted by Crippen LogP contribution is 2.16. The summed E-state index contributed by atoms with van der Waals surface area (Å²) in [5.41, 5.74) is 1.94. The zero-order chi connectivity index (χ0) is 22.0. The maximum atomic E-state index is 12.4. The van der Waals surface area contributed by atoms with Crippen LogP contribution < -0.4 is 5.32 Å². The van der Waals surface area contributed by atoms with Gasteiger partial charge in [0.1, 0.15) is 0 Å². The molecule has 0 saturated carbocycles. The molecule has 0 unspecified atom stereocenters. The van der Waals surface area contributed by atoms with E-state index in [1.54, 1.807) is 0 Å². The third kappa shape index (κ3) is 12.0. The molecule has 1 saturated heterocycles. The maximum absolute atomic E-state index is 12.4. The second-order valence-electron chi connectivity index (χ2n) is 9.14. The van der Waals surface area contributed by atoms with E-state index in [1.807, 2.05) is 29.2 Å². The number of nitrogens with one attached hydrogen (secondary N) is 1. The Morgan fingerprint density at radius 2 is 1.16 bits per heavy atom. The molecule has 1 aromatic carbocycles. The predicted molar refractivity (Wildman–Crippen MR) is 139 cm³/mol. The standard InChI is InChI=1S/C27H45BrN2O/c28-21-13-11-9-7-5-3-1-2-4-6-8-10-12-14-22-29-26-19-17-25(18-20-26)27(31)30-23-15-16-24-30/h17-20,29H,1-16,21-24H2. The summed E-state index contributed by atoms with van der Waals surface area (Å²) < 4.78 is 0. The Hall–Kier alpha value is -1.03. The van der Waals surface area contributed by atoms with E-state index in [1.165, 1.54) is 95.2 Å². The molecule has 0 aliphatic carbocycles. The van der Waals surface area contributed by atoms with Gasteiger partial charge in [-0.15, -0.1) is 0 Å². The molecule has 31 heavy (non-hydrogen) atoms. The summed E-state index contributed by atoms with van der Waals surface area (Å²) in [6, 6.07) is 8.03. The summed E-state index contributed by atoms with van der Waals surface area (Å²) in [4.78, 5) is 14.3. The average Bonchev–Trinajstić information content (AvgIpc) is 3.34. The van der Waals surface area contributed by atoms with Crippen molar-refractivity contribution in [2.24, 2.45) is 0 Å². The minimum absolute atomic E-state index is 0.185. The summed E-state index contributed by atoms with van der Waals surface area (Å²) in [7, 11) is 0. The SMILES string of the molecule is O=C(c1ccc(NCCCCCCCCCCCCCCCCBr)cc1)N1CCCC1. The molecule has 1 amide bonds. The van der Waals surface area contributed by atoms with Crippen LogP contribution in [0.1, 0.15) is 113 Å². The third-order valence-corrected chi connectivity index (χ3v) is 6.98. The molecule has 0 aromatic heterocycles. The van der Waals surface area contributed by atoms with Crippen molar-refractivity contribution in [2.75, 3.05) is 30.3 Å². The van der Waals surface area contributed by atoms with Crippen molar-refractivity contribution in [3.05, 3.63) is 29.8 Å². The van der Waals surface area contributed by atoms with Gasteiger partial charge in [0.05, 0.1) is 0 Å². The number of anilines is 1. The van der Waals surface area contributed by atoms with Crippen LogP contribution in [0.25, 0.3) is 0 Å². The van der Waals surface area contributed by atoms with Crippen molar-refractivity contribution >= 4 is 27.5 Å². The van der Waals surface area contributed by atoms with E-state index in [2.05, 4.69) is 21.2 Å². The molecular formula is C27H45BrN2O. The molecule has 4 heteroatoms. The first-order valence-corrected chi connectivity index (χ1v) is 14.1. The van der Waals surface area contributed by atoms with Crippen LogP contribution in [-0.2, 0) is 0 Å². The molecule has 3 nitrogen and oxygen atoms in total. The molecular weight excluding hydrogens is 448 g/mol. The second-order valence-corrected chi connectivity index (χ2v) is 9.94. The number of hydrogen-bond acceptors (Lipinski definition) is 2. The number of halogens is 1. The van der Waals surface area contributed by atoms with E-state index < -0.39 is 0 Å². The molecule has 0 radical (unpaired) electrons. The Labute approximate surface area is 199 Å². The number of amides is 1. The fraction of sp³-hybridized carbons (Fsp3) is 0.741. The molecule has 0 atom stereocenters. The lowest BCUT2D eigenvalue weighted by Crippen LogP contribution is -2.27. The number of hydrogen-bond donors (Lipinski definition) is 1. The number of carbonyl (C=O) groups is 1. The van der Waals surface area contributed by atoms with Crippen molar-refractivity contribution in [3.8, 4) is 0 Å². The van der Waals surface area contributed by atoms with Crippen LogP contribution in [0.4, 0.5) is 5.69 Å². The number of alkyl halides is 1. The summed E-state index contributed by atoms with van der Waals surface area (Å²) in [5, 5.41) is 4.67. The van der Waals surface area contributed by atoms with Gasteiger partial charge in [0, 0.05) is 36.2 Å². The molecule has 2 rings (SSSR count). The van der Waals surface area contributed by atoms with Gasteiger partial charge in [0.25, 0.3) is 5.91 Å². The zero-order valence-corrected chi connectivity index (χ0v) is 21.3. The number of nitrogens with zero attached hydrogens (tertiary/aromatic N) is 1. The number of carbonyl (C=O) groups excluding carboxylic acids is 1. The predicted octanol–water partition coefficient (Wildman–Crippen LogP) is 8.19. The fourth-order valence-electron chi connectivity index (χ4n) is 4.41. The normalized spacial score (nSPS) is 13.6. The molecule has 0 spiro atoms. The largest absolute Gasteiger partial charge is 0.385 e. The van der Waals surface area contributed by atoms with Crippen molar-refractivity contribution < 1.29 is 4.79 Å². The lowest BCUT2D eigenvalue weighted by Gasteiger charge is -2.15. The van der Waals surface area contributed by atoms with Crippen LogP contribution in [0.15, 0.2) is 24.3 Å². The summed E-state index contributed by atoms with van der Waals surface area (Å²) in [5.74, 6) is 0.185. The summed E-state index contributed by atoms with van der Waals surface area (Å²) >= 11 is 3.50. The molecule has 176 valence electrons. The van der Waals surface area contributed by atoms with Gasteiger partial charge in [-0.25, -0.2) is 0 Å². The molecule has 1 N–H and O–H groups in total. The van der Waals surface area contributed by atoms with E-state index in [4.69, 9.17) is 0 Å². The minimum atomic E-state index is 0.185. The zero-order valence-electron chi connectivity index (χ0n) is 19.7. The number of benzene rings is 1. The van der Waals surface area contributed by atoms with E-state index in [9.17, 15) is 4.79 Å².